The van der Waals surface area contributed by atoms with E-state index in [0.29, 0.717) is 13.1 Å². The summed E-state index contributed by atoms with van der Waals surface area (Å²) < 4.78 is 57.2. The van der Waals surface area contributed by atoms with Crippen molar-refractivity contribution in [2.24, 2.45) is 11.8 Å². The molecule has 0 aromatic carbocycles. The molecule has 9 heteroatoms. The zero-order chi connectivity index (χ0) is 16.7. The largest absolute Gasteiger partial charge is 0.508 e. The van der Waals surface area contributed by atoms with Gasteiger partial charge < -0.3 is 13.8 Å². The lowest BCUT2D eigenvalue weighted by molar-refractivity contribution is -0.0457. The molecule has 0 aromatic rings. The average molecular weight is 341 g/mol. The van der Waals surface area contributed by atoms with Crippen LogP contribution in [-0.4, -0.2) is 39.4 Å². The SMILES string of the molecule is CC(C)(C)OC(=O)N1C[C@H]2CC(OS(=O)C(F)(F)F)=C[C@H]2C1. The van der Waals surface area contributed by atoms with Gasteiger partial charge in [0.1, 0.15) is 11.4 Å². The highest BCUT2D eigenvalue weighted by Crippen LogP contribution is 2.39. The third-order valence-corrected chi connectivity index (χ3v) is 4.12. The van der Waals surface area contributed by atoms with Crippen molar-refractivity contribution >= 4 is 17.2 Å². The van der Waals surface area contributed by atoms with Crippen LogP contribution in [0.5, 0.6) is 0 Å². The van der Waals surface area contributed by atoms with E-state index in [-0.39, 0.29) is 24.0 Å². The highest BCUT2D eigenvalue weighted by Gasteiger charge is 2.44. The highest BCUT2D eigenvalue weighted by molar-refractivity contribution is 7.81. The van der Waals surface area contributed by atoms with Crippen LogP contribution in [0.2, 0.25) is 0 Å². The van der Waals surface area contributed by atoms with Crippen molar-refractivity contribution in [3.8, 4) is 0 Å². The van der Waals surface area contributed by atoms with Gasteiger partial charge in [-0.15, -0.1) is 0 Å². The van der Waals surface area contributed by atoms with Crippen LogP contribution >= 0.6 is 0 Å². The van der Waals surface area contributed by atoms with Gasteiger partial charge in [0.25, 0.3) is 0 Å². The number of halogens is 3. The number of hydrogen-bond acceptors (Lipinski definition) is 4. The smallest absolute Gasteiger partial charge is 0.444 e. The minimum absolute atomic E-state index is 0.0206. The van der Waals surface area contributed by atoms with Crippen molar-refractivity contribution in [3.05, 3.63) is 11.8 Å². The maximum atomic E-state index is 12.2. The Balaban J connectivity index is 1.91. The average Bonchev–Trinajstić information content (AvgIpc) is 2.82. The third-order valence-electron chi connectivity index (χ3n) is 3.38. The molecule has 1 aliphatic carbocycles. The van der Waals surface area contributed by atoms with Gasteiger partial charge in [0.15, 0.2) is 0 Å². The van der Waals surface area contributed by atoms with E-state index in [9.17, 15) is 22.2 Å². The van der Waals surface area contributed by atoms with E-state index in [1.165, 1.54) is 11.0 Å². The lowest BCUT2D eigenvalue weighted by Crippen LogP contribution is -2.35. The molecule has 22 heavy (non-hydrogen) atoms. The monoisotopic (exact) mass is 341 g/mol. The van der Waals surface area contributed by atoms with Gasteiger partial charge in [0.05, 0.1) is 0 Å². The van der Waals surface area contributed by atoms with E-state index < -0.39 is 28.3 Å². The fourth-order valence-corrected chi connectivity index (χ4v) is 2.96. The summed E-state index contributed by atoms with van der Waals surface area (Å²) in [6, 6.07) is 0. The van der Waals surface area contributed by atoms with Crippen LogP contribution in [-0.2, 0) is 20.0 Å². The van der Waals surface area contributed by atoms with Gasteiger partial charge in [-0.2, -0.15) is 13.2 Å². The van der Waals surface area contributed by atoms with Crippen LogP contribution in [0, 0.1) is 11.8 Å². The molecule has 1 saturated heterocycles. The van der Waals surface area contributed by atoms with Gasteiger partial charge in [0, 0.05) is 25.4 Å². The molecule has 5 nitrogen and oxygen atoms in total. The maximum absolute atomic E-state index is 12.2. The second-order valence-corrected chi connectivity index (χ2v) is 7.51. The molecule has 2 aliphatic rings. The van der Waals surface area contributed by atoms with Gasteiger partial charge in [-0.3, -0.25) is 0 Å². The summed E-state index contributed by atoms with van der Waals surface area (Å²) in [5.41, 5.74) is -5.48. The molecule has 2 rings (SSSR count). The molecule has 3 atom stereocenters. The molecule has 1 aliphatic heterocycles. The molecule has 0 N–H and O–H groups in total. The van der Waals surface area contributed by atoms with Gasteiger partial charge in [-0.05, 0) is 32.8 Å². The molecule has 1 unspecified atom stereocenters. The topological polar surface area (TPSA) is 55.8 Å². The number of ether oxygens (including phenoxy) is 1. The van der Waals surface area contributed by atoms with E-state index in [1.54, 1.807) is 20.8 Å². The Morgan fingerprint density at radius 2 is 1.95 bits per heavy atom. The number of fused-ring (bicyclic) bond motifs is 1. The lowest BCUT2D eigenvalue weighted by atomic mass is 10.0. The third kappa shape index (κ3) is 4.15. The molecule has 1 heterocycles. The summed E-state index contributed by atoms with van der Waals surface area (Å²) in [6.45, 7) is 6.05. The molecule has 0 bridgehead atoms. The van der Waals surface area contributed by atoms with E-state index in [2.05, 4.69) is 4.18 Å². The number of alkyl halides is 3. The first-order chi connectivity index (χ1) is 9.95. The lowest BCUT2D eigenvalue weighted by Gasteiger charge is -2.24. The zero-order valence-electron chi connectivity index (χ0n) is 12.5. The summed E-state index contributed by atoms with van der Waals surface area (Å²) in [5, 5.41) is 0. The van der Waals surface area contributed by atoms with Gasteiger partial charge in [0.2, 0.25) is 0 Å². The predicted molar refractivity (Wildman–Crippen MR) is 72.8 cm³/mol. The van der Waals surface area contributed by atoms with Crippen LogP contribution in [0.1, 0.15) is 27.2 Å². The minimum atomic E-state index is -4.89. The minimum Gasteiger partial charge on any atom is -0.444 e. The number of amides is 1. The molecular weight excluding hydrogens is 323 g/mol. The fraction of sp³-hybridized carbons (Fsp3) is 0.769. The summed E-state index contributed by atoms with van der Waals surface area (Å²) in [6.07, 6.45) is 1.33. The van der Waals surface area contributed by atoms with Crippen LogP contribution in [0.4, 0.5) is 18.0 Å². The highest BCUT2D eigenvalue weighted by atomic mass is 32.2. The van der Waals surface area contributed by atoms with Crippen LogP contribution in [0.15, 0.2) is 11.8 Å². The van der Waals surface area contributed by atoms with E-state index in [4.69, 9.17) is 4.74 Å². The molecule has 1 fully saturated rings. The quantitative estimate of drug-likeness (QED) is 0.775. The van der Waals surface area contributed by atoms with E-state index in [1.807, 2.05) is 0 Å². The maximum Gasteiger partial charge on any atom is 0.508 e. The predicted octanol–water partition coefficient (Wildman–Crippen LogP) is 2.96. The van der Waals surface area contributed by atoms with Crippen molar-refractivity contribution in [3.63, 3.8) is 0 Å². The Hall–Kier alpha value is -1.25. The molecule has 0 aromatic heterocycles. The standard InChI is InChI=1S/C13H18F3NO4S/c1-12(2,3)20-11(18)17-6-8-4-10(5-9(8)7-17)21-22(19)13(14,15)16/h4,8-9H,5-7H2,1-3H3/t8-,9+,22?/m0/s1. The van der Waals surface area contributed by atoms with Gasteiger partial charge in [-0.1, -0.05) is 0 Å². The van der Waals surface area contributed by atoms with Crippen molar-refractivity contribution < 1.29 is 31.1 Å². The van der Waals surface area contributed by atoms with E-state index in [0.717, 1.165) is 0 Å². The first-order valence-electron chi connectivity index (χ1n) is 6.81. The summed E-state index contributed by atoms with van der Waals surface area (Å²) >= 11 is -3.34. The van der Waals surface area contributed by atoms with Crippen molar-refractivity contribution in [2.45, 2.75) is 38.3 Å². The van der Waals surface area contributed by atoms with Gasteiger partial charge in [-0.25, -0.2) is 9.00 Å². The molecule has 0 radical (unpaired) electrons. The first kappa shape index (κ1) is 17.1. The Morgan fingerprint density at radius 3 is 2.45 bits per heavy atom. The number of rotatable bonds is 2. The number of hydrogen-bond donors (Lipinski definition) is 0. The summed E-state index contributed by atoms with van der Waals surface area (Å²) in [7, 11) is 0. The number of carbonyl (C=O) groups excluding carboxylic acids is 1. The Kier molecular flexibility index (Phi) is 4.47. The van der Waals surface area contributed by atoms with Crippen LogP contribution in [0.25, 0.3) is 0 Å². The van der Waals surface area contributed by atoms with E-state index >= 15 is 0 Å². The summed E-state index contributed by atoms with van der Waals surface area (Å²) in [5.74, 6) is -0.0324. The van der Waals surface area contributed by atoms with Crippen LogP contribution in [0.3, 0.4) is 0 Å². The Bertz CT molecular complexity index is 512. The molecular formula is C13H18F3NO4S. The number of allylic oxidation sites excluding steroid dienone is 1. The number of likely N-dealkylation sites (tertiary alicyclic amines) is 1. The zero-order valence-corrected chi connectivity index (χ0v) is 13.3. The summed E-state index contributed by atoms with van der Waals surface area (Å²) in [4.78, 5) is 13.5. The fourth-order valence-electron chi connectivity index (χ4n) is 2.55. The van der Waals surface area contributed by atoms with Crippen LogP contribution < -0.4 is 0 Å². The second-order valence-electron chi connectivity index (χ2n) is 6.41. The van der Waals surface area contributed by atoms with Crippen molar-refractivity contribution in [2.75, 3.05) is 13.1 Å². The molecule has 1 amide bonds. The van der Waals surface area contributed by atoms with Crippen molar-refractivity contribution in [1.29, 1.82) is 0 Å². The number of nitrogens with zero attached hydrogens (tertiary/aromatic N) is 1. The van der Waals surface area contributed by atoms with Gasteiger partial charge >= 0.3 is 22.7 Å². The van der Waals surface area contributed by atoms with Crippen molar-refractivity contribution in [1.82, 2.24) is 4.90 Å². The Labute approximate surface area is 129 Å². The molecule has 0 spiro atoms. The number of carbonyl (C=O) groups is 1. The Morgan fingerprint density at radius 1 is 1.32 bits per heavy atom. The second kappa shape index (κ2) is 5.75. The molecule has 0 saturated carbocycles. The normalized spacial score (nSPS) is 26.5. The first-order valence-corrected chi connectivity index (χ1v) is 7.89. The molecule has 126 valence electrons.